The van der Waals surface area contributed by atoms with Crippen LogP contribution >= 0.6 is 0 Å². The van der Waals surface area contributed by atoms with Crippen LogP contribution in [0.5, 0.6) is 11.5 Å². The van der Waals surface area contributed by atoms with Crippen LogP contribution < -0.4 is 14.8 Å². The predicted molar refractivity (Wildman–Crippen MR) is 90.8 cm³/mol. The number of carbonyl (C=O) groups is 1. The van der Waals surface area contributed by atoms with E-state index in [1.165, 1.54) is 0 Å². The van der Waals surface area contributed by atoms with E-state index in [0.29, 0.717) is 35.7 Å². The van der Waals surface area contributed by atoms with Crippen LogP contribution in [-0.2, 0) is 6.42 Å². The summed E-state index contributed by atoms with van der Waals surface area (Å²) in [6.07, 6.45) is 0.635. The fraction of sp³-hybridized carbons (Fsp3) is 0.235. The molecule has 1 N–H and O–H groups in total. The predicted octanol–water partition coefficient (Wildman–Crippen LogP) is 3.62. The molecule has 0 aliphatic rings. The third-order valence-corrected chi connectivity index (χ3v) is 3.45. The van der Waals surface area contributed by atoms with E-state index in [1.54, 1.807) is 38.5 Å². The molecule has 0 spiro atoms. The van der Waals surface area contributed by atoms with Gasteiger partial charge in [0, 0.05) is 17.0 Å². The monoisotopic (exact) mass is 326 g/mol. The van der Waals surface area contributed by atoms with E-state index in [4.69, 9.17) is 15.0 Å². The largest absolute Gasteiger partial charge is 0.493 e. The normalized spacial score (nSPS) is 9.75. The lowest BCUT2D eigenvalue weighted by Gasteiger charge is -2.10. The van der Waals surface area contributed by atoms with E-state index in [1.807, 2.05) is 18.2 Å². The molecule has 0 aromatic heterocycles. The van der Waals surface area contributed by atoms with Crippen molar-refractivity contribution >= 4 is 11.6 Å². The Hall–Kier alpha value is -3.18. The molecule has 7 heteroatoms. The number of azide groups is 1. The first kappa shape index (κ1) is 17.2. The highest BCUT2D eigenvalue weighted by molar-refractivity contribution is 5.98. The second-order valence-electron chi connectivity index (χ2n) is 4.90. The number of hydrogen-bond donors (Lipinski definition) is 1. The summed E-state index contributed by atoms with van der Waals surface area (Å²) in [7, 11) is 3.16. The fourth-order valence-electron chi connectivity index (χ4n) is 2.25. The molecule has 0 aliphatic heterocycles. The standard InChI is InChI=1S/C17H18N4O3/c1-23-15-8-7-12(11-16(15)24-2)9-10-19-17(22)13-5-3-4-6-14(13)20-21-18/h3-8,11H,9-10H2,1-2H3,(H,19,22). The van der Waals surface area contributed by atoms with Gasteiger partial charge in [0.05, 0.1) is 19.9 Å². The molecule has 124 valence electrons. The average Bonchev–Trinajstić information content (AvgIpc) is 2.62. The van der Waals surface area contributed by atoms with Crippen LogP contribution in [0.3, 0.4) is 0 Å². The van der Waals surface area contributed by atoms with Gasteiger partial charge in [-0.1, -0.05) is 29.4 Å². The minimum absolute atomic E-state index is 0.279. The van der Waals surface area contributed by atoms with Gasteiger partial charge >= 0.3 is 0 Å². The maximum Gasteiger partial charge on any atom is 0.251 e. The Labute approximate surface area is 139 Å². The molecule has 0 bridgehead atoms. The van der Waals surface area contributed by atoms with Crippen molar-refractivity contribution in [3.8, 4) is 11.5 Å². The SMILES string of the molecule is COc1ccc(CCNC(=O)c2ccccc2N=[N+]=[N-])cc1OC. The Morgan fingerprint density at radius 2 is 1.92 bits per heavy atom. The van der Waals surface area contributed by atoms with E-state index in [-0.39, 0.29) is 5.91 Å². The quantitative estimate of drug-likeness (QED) is 0.478. The maximum atomic E-state index is 12.2. The molecule has 0 saturated heterocycles. The minimum atomic E-state index is -0.279. The van der Waals surface area contributed by atoms with E-state index in [9.17, 15) is 4.79 Å². The number of hydrogen-bond acceptors (Lipinski definition) is 4. The zero-order chi connectivity index (χ0) is 17.4. The van der Waals surface area contributed by atoms with Gasteiger partial charge in [-0.15, -0.1) is 0 Å². The number of methoxy groups -OCH3 is 2. The number of nitrogens with one attached hydrogen (secondary N) is 1. The lowest BCUT2D eigenvalue weighted by Crippen LogP contribution is -2.25. The Bertz CT molecular complexity index is 770. The van der Waals surface area contributed by atoms with E-state index in [2.05, 4.69) is 15.3 Å². The second kappa shape index (κ2) is 8.45. The molecule has 0 radical (unpaired) electrons. The molecule has 2 rings (SSSR count). The zero-order valence-corrected chi connectivity index (χ0v) is 13.5. The molecule has 0 aliphatic carbocycles. The Kier molecular flexibility index (Phi) is 6.05. The van der Waals surface area contributed by atoms with Gasteiger partial charge in [0.1, 0.15) is 0 Å². The van der Waals surface area contributed by atoms with Crippen molar-refractivity contribution in [3.05, 3.63) is 64.0 Å². The molecule has 7 nitrogen and oxygen atoms in total. The summed E-state index contributed by atoms with van der Waals surface area (Å²) >= 11 is 0. The first-order valence-corrected chi connectivity index (χ1v) is 7.32. The van der Waals surface area contributed by atoms with E-state index >= 15 is 0 Å². The van der Waals surface area contributed by atoms with Crippen LogP contribution in [0.1, 0.15) is 15.9 Å². The molecule has 24 heavy (non-hydrogen) atoms. The van der Waals surface area contributed by atoms with Gasteiger partial charge in [-0.05, 0) is 35.7 Å². The highest BCUT2D eigenvalue weighted by Crippen LogP contribution is 2.27. The van der Waals surface area contributed by atoms with Gasteiger partial charge in [0.25, 0.3) is 5.91 Å². The smallest absolute Gasteiger partial charge is 0.251 e. The molecular weight excluding hydrogens is 308 g/mol. The maximum absolute atomic E-state index is 12.2. The molecule has 0 heterocycles. The van der Waals surface area contributed by atoms with Crippen molar-refractivity contribution in [1.82, 2.24) is 5.32 Å². The number of rotatable bonds is 7. The van der Waals surface area contributed by atoms with Crippen molar-refractivity contribution in [1.29, 1.82) is 0 Å². The number of nitrogens with zero attached hydrogens (tertiary/aromatic N) is 3. The summed E-state index contributed by atoms with van der Waals surface area (Å²) in [6, 6.07) is 12.3. The van der Waals surface area contributed by atoms with Gasteiger partial charge in [-0.2, -0.15) is 0 Å². The van der Waals surface area contributed by atoms with Gasteiger partial charge in [-0.3, -0.25) is 4.79 Å². The second-order valence-corrected chi connectivity index (χ2v) is 4.90. The number of benzene rings is 2. The van der Waals surface area contributed by atoms with Crippen molar-refractivity contribution in [2.24, 2.45) is 5.11 Å². The van der Waals surface area contributed by atoms with Crippen molar-refractivity contribution < 1.29 is 14.3 Å². The lowest BCUT2D eigenvalue weighted by atomic mass is 10.1. The first-order valence-electron chi connectivity index (χ1n) is 7.32. The molecule has 0 unspecified atom stereocenters. The number of amides is 1. The van der Waals surface area contributed by atoms with Crippen molar-refractivity contribution in [2.45, 2.75) is 6.42 Å². The summed E-state index contributed by atoms with van der Waals surface area (Å²) in [5.41, 5.74) is 10.2. The van der Waals surface area contributed by atoms with E-state index in [0.717, 1.165) is 5.56 Å². The average molecular weight is 326 g/mol. The topological polar surface area (TPSA) is 96.3 Å². The highest BCUT2D eigenvalue weighted by Gasteiger charge is 2.10. The van der Waals surface area contributed by atoms with Gasteiger partial charge < -0.3 is 14.8 Å². The van der Waals surface area contributed by atoms with Gasteiger partial charge in [0.2, 0.25) is 0 Å². The summed E-state index contributed by atoms with van der Waals surface area (Å²) in [4.78, 5) is 14.9. The Balaban J connectivity index is 1.99. The highest BCUT2D eigenvalue weighted by atomic mass is 16.5. The van der Waals surface area contributed by atoms with Gasteiger partial charge in [0.15, 0.2) is 11.5 Å². The number of ether oxygens (including phenoxy) is 2. The molecule has 2 aromatic carbocycles. The Morgan fingerprint density at radius 3 is 2.62 bits per heavy atom. The van der Waals surface area contributed by atoms with E-state index < -0.39 is 0 Å². The first-order chi connectivity index (χ1) is 11.7. The van der Waals surface area contributed by atoms with Crippen molar-refractivity contribution in [2.75, 3.05) is 20.8 Å². The lowest BCUT2D eigenvalue weighted by molar-refractivity contribution is 0.0955. The van der Waals surface area contributed by atoms with Crippen molar-refractivity contribution in [3.63, 3.8) is 0 Å². The molecule has 1 amide bonds. The molecule has 2 aromatic rings. The Morgan fingerprint density at radius 1 is 1.17 bits per heavy atom. The zero-order valence-electron chi connectivity index (χ0n) is 13.5. The summed E-state index contributed by atoms with van der Waals surface area (Å²) in [6.45, 7) is 0.443. The summed E-state index contributed by atoms with van der Waals surface area (Å²) in [5, 5.41) is 6.34. The fourth-order valence-corrected chi connectivity index (χ4v) is 2.25. The van der Waals surface area contributed by atoms with Crippen LogP contribution in [0.2, 0.25) is 0 Å². The van der Waals surface area contributed by atoms with Crippen LogP contribution in [-0.4, -0.2) is 26.7 Å². The number of carbonyl (C=O) groups excluding carboxylic acids is 1. The minimum Gasteiger partial charge on any atom is -0.493 e. The van der Waals surface area contributed by atoms with Gasteiger partial charge in [-0.25, -0.2) is 0 Å². The summed E-state index contributed by atoms with van der Waals surface area (Å²) < 4.78 is 10.5. The molecular formula is C17H18N4O3. The third-order valence-electron chi connectivity index (χ3n) is 3.45. The molecule has 0 atom stereocenters. The van der Waals surface area contributed by atoms with Crippen LogP contribution in [0.4, 0.5) is 5.69 Å². The third kappa shape index (κ3) is 4.18. The van der Waals surface area contributed by atoms with Crippen LogP contribution in [0, 0.1) is 0 Å². The summed E-state index contributed by atoms with van der Waals surface area (Å²) in [5.74, 6) is 1.03. The van der Waals surface area contributed by atoms with Crippen LogP contribution in [0.15, 0.2) is 47.6 Å². The molecule has 0 fully saturated rings. The van der Waals surface area contributed by atoms with Crippen LogP contribution in [0.25, 0.3) is 10.4 Å². The molecule has 0 saturated carbocycles.